The Morgan fingerprint density at radius 1 is 0.561 bits per heavy atom. The van der Waals surface area contributed by atoms with Gasteiger partial charge >= 0.3 is 11.9 Å². The van der Waals surface area contributed by atoms with Gasteiger partial charge in [0.2, 0.25) is 11.6 Å². The first-order valence-electron chi connectivity index (χ1n) is 21.2. The molecule has 8 nitrogen and oxygen atoms in total. The summed E-state index contributed by atoms with van der Waals surface area (Å²) in [4.78, 5) is 57.8. The van der Waals surface area contributed by atoms with Crippen molar-refractivity contribution in [2.24, 2.45) is 0 Å². The van der Waals surface area contributed by atoms with E-state index in [4.69, 9.17) is 9.47 Å². The third kappa shape index (κ3) is 8.38. The highest BCUT2D eigenvalue weighted by Gasteiger charge is 2.33. The van der Waals surface area contributed by atoms with Crippen LogP contribution in [0.15, 0.2) is 115 Å². The highest BCUT2D eigenvalue weighted by atomic mass is 79.9. The van der Waals surface area contributed by atoms with Crippen molar-refractivity contribution >= 4 is 134 Å². The van der Waals surface area contributed by atoms with Gasteiger partial charge in [-0.05, 0) is 123 Å². The molecule has 0 atom stereocenters. The average molecular weight is 1080 g/mol. The fourth-order valence-corrected chi connectivity index (χ4v) is 14.3. The maximum atomic E-state index is 14.5. The van der Waals surface area contributed by atoms with Gasteiger partial charge in [-0.1, -0.05) is 68.3 Å². The highest BCUT2D eigenvalue weighted by molar-refractivity contribution is 9.10. The van der Waals surface area contributed by atoms with Gasteiger partial charge in [0.1, 0.15) is 0 Å². The number of ether oxygens (including phenoxy) is 2. The standard InChI is InChI=1S/C52H42Br2N2O6S4/c1-7-61-49(59)39-37-43(55-23-27(3)21-29(5)41(39)55)51(65-47(37)45(57)31-13-17-35(53)18-14-31)63-25-33-11-9-10-12-34(33)26-64-52-44-38(48(66-52)46(58)32-15-19-36(54)20-16-32)40(50(60)62-8-2)42-30(6)22-28(4)24-56(42)44/h9-24H,7-8,25-26H2,1-6H3. The number of ketones is 2. The first kappa shape index (κ1) is 46.2. The van der Waals surface area contributed by atoms with E-state index in [0.29, 0.717) is 54.3 Å². The highest BCUT2D eigenvalue weighted by Crippen LogP contribution is 2.48. The van der Waals surface area contributed by atoms with Gasteiger partial charge in [-0.2, -0.15) is 0 Å². The van der Waals surface area contributed by atoms with E-state index >= 15 is 0 Å². The molecule has 0 fully saturated rings. The van der Waals surface area contributed by atoms with Gasteiger partial charge in [-0.15, -0.1) is 46.2 Å². The van der Waals surface area contributed by atoms with Gasteiger partial charge in [-0.25, -0.2) is 9.59 Å². The number of rotatable bonds is 14. The number of pyridine rings is 2. The molecule has 0 radical (unpaired) electrons. The van der Waals surface area contributed by atoms with Crippen LogP contribution < -0.4 is 0 Å². The van der Waals surface area contributed by atoms with Crippen molar-refractivity contribution in [3.05, 3.63) is 172 Å². The van der Waals surface area contributed by atoms with Crippen LogP contribution in [0.5, 0.6) is 0 Å². The van der Waals surface area contributed by atoms with Crippen molar-refractivity contribution in [1.29, 1.82) is 0 Å². The quantitative estimate of drug-likeness (QED) is 0.0604. The second kappa shape index (κ2) is 19.0. The molecule has 9 aromatic rings. The minimum absolute atomic E-state index is 0.161. The topological polar surface area (TPSA) is 95.6 Å². The van der Waals surface area contributed by atoms with Crippen LogP contribution in [0.1, 0.15) is 98.4 Å². The Kier molecular flexibility index (Phi) is 13.3. The Balaban J connectivity index is 1.13. The molecule has 0 aliphatic heterocycles. The van der Waals surface area contributed by atoms with Gasteiger partial charge in [0.25, 0.3) is 0 Å². The Bertz CT molecular complexity index is 3210. The van der Waals surface area contributed by atoms with E-state index in [1.165, 1.54) is 22.7 Å². The van der Waals surface area contributed by atoms with Crippen molar-refractivity contribution in [3.63, 3.8) is 0 Å². The minimum atomic E-state index is -0.460. The largest absolute Gasteiger partial charge is 0.462 e. The van der Waals surface area contributed by atoms with E-state index < -0.39 is 11.9 Å². The lowest BCUT2D eigenvalue weighted by atomic mass is 10.0. The second-order valence-electron chi connectivity index (χ2n) is 15.9. The predicted molar refractivity (Wildman–Crippen MR) is 277 cm³/mol. The van der Waals surface area contributed by atoms with Crippen LogP contribution in [0.3, 0.4) is 0 Å². The first-order chi connectivity index (χ1) is 31.8. The molecule has 6 aromatic heterocycles. The SMILES string of the molecule is CCOC(=O)c1c2c(C(=O)c3ccc(Br)cc3)sc(SCc3ccccc3CSc3sc(C(=O)c4ccc(Br)cc4)c4c(C(=O)OCC)c5c(C)cc(C)cn5c34)c2n2cc(C)cc(C)c12. The molecule has 0 aliphatic rings. The molecule has 0 unspecified atom stereocenters. The Hall–Kier alpha value is -4.96. The summed E-state index contributed by atoms with van der Waals surface area (Å²) in [6.45, 7) is 12.0. The Morgan fingerprint density at radius 3 is 1.30 bits per heavy atom. The summed E-state index contributed by atoms with van der Waals surface area (Å²) >= 11 is 13.1. The zero-order chi connectivity index (χ0) is 46.6. The molecule has 0 spiro atoms. The molecule has 66 heavy (non-hydrogen) atoms. The molecule has 14 heteroatoms. The number of carbonyl (C=O) groups is 4. The van der Waals surface area contributed by atoms with Crippen molar-refractivity contribution in [1.82, 2.24) is 8.80 Å². The molecule has 0 bridgehead atoms. The number of hydrogen-bond donors (Lipinski definition) is 0. The predicted octanol–water partition coefficient (Wildman–Crippen LogP) is 14.8. The van der Waals surface area contributed by atoms with Gasteiger partial charge in [-0.3, -0.25) is 9.59 Å². The molecule has 0 N–H and O–H groups in total. The van der Waals surface area contributed by atoms with Crippen molar-refractivity contribution < 1.29 is 28.7 Å². The molecule has 0 aliphatic carbocycles. The zero-order valence-corrected chi connectivity index (χ0v) is 43.2. The number of thiophene rings is 2. The van der Waals surface area contributed by atoms with E-state index in [0.717, 1.165) is 72.8 Å². The van der Waals surface area contributed by atoms with E-state index in [1.54, 1.807) is 61.6 Å². The van der Waals surface area contributed by atoms with Gasteiger partial charge in [0.15, 0.2) is 0 Å². The fraction of sp³-hybridized carbons (Fsp3) is 0.192. The number of aryl methyl sites for hydroxylation is 4. The minimum Gasteiger partial charge on any atom is -0.462 e. The monoisotopic (exact) mass is 1080 g/mol. The van der Waals surface area contributed by atoms with Crippen LogP contribution in [0.4, 0.5) is 0 Å². The van der Waals surface area contributed by atoms with Crippen LogP contribution in [-0.4, -0.2) is 45.5 Å². The molecule has 0 saturated heterocycles. The zero-order valence-electron chi connectivity index (χ0n) is 36.8. The third-order valence-electron chi connectivity index (χ3n) is 11.4. The van der Waals surface area contributed by atoms with E-state index in [-0.39, 0.29) is 24.8 Å². The van der Waals surface area contributed by atoms with Crippen molar-refractivity contribution in [3.8, 4) is 0 Å². The summed E-state index contributed by atoms with van der Waals surface area (Å²) in [6.07, 6.45) is 4.06. The van der Waals surface area contributed by atoms with Gasteiger partial charge in [0.05, 0.1) is 64.6 Å². The van der Waals surface area contributed by atoms with Crippen molar-refractivity contribution in [2.75, 3.05) is 13.2 Å². The smallest absolute Gasteiger partial charge is 0.341 e. The van der Waals surface area contributed by atoms with E-state index in [1.807, 2.05) is 76.5 Å². The maximum Gasteiger partial charge on any atom is 0.341 e. The lowest BCUT2D eigenvalue weighted by molar-refractivity contribution is 0.0521. The fourth-order valence-electron chi connectivity index (χ4n) is 8.65. The second-order valence-corrected chi connectivity index (χ2v) is 22.3. The number of benzene rings is 3. The van der Waals surface area contributed by atoms with Gasteiger partial charge in [0, 0.05) is 54.7 Å². The summed E-state index contributed by atoms with van der Waals surface area (Å²) < 4.78 is 19.0. The third-order valence-corrected chi connectivity index (χ3v) is 17.4. The number of carbonyl (C=O) groups excluding carboxylic acids is 4. The normalized spacial score (nSPS) is 11.6. The molecular weight excluding hydrogens is 1040 g/mol. The Morgan fingerprint density at radius 2 is 0.939 bits per heavy atom. The summed E-state index contributed by atoms with van der Waals surface area (Å²) in [5.74, 6) is -0.0787. The van der Waals surface area contributed by atoms with Crippen LogP contribution in [-0.2, 0) is 21.0 Å². The maximum absolute atomic E-state index is 14.5. The molecular formula is C52H42Br2N2O6S4. The molecule has 6 heterocycles. The van der Waals surface area contributed by atoms with Crippen LogP contribution in [0.25, 0.3) is 32.8 Å². The van der Waals surface area contributed by atoms with Gasteiger partial charge < -0.3 is 18.3 Å². The summed E-state index contributed by atoms with van der Waals surface area (Å²) in [5, 5.41) is 1.21. The number of fused-ring (bicyclic) bond motifs is 6. The average Bonchev–Trinajstić information content (AvgIpc) is 4.04. The van der Waals surface area contributed by atoms with Crippen LogP contribution >= 0.6 is 78.1 Å². The molecule has 9 rings (SSSR count). The van der Waals surface area contributed by atoms with Crippen LogP contribution in [0.2, 0.25) is 0 Å². The van der Waals surface area contributed by atoms with E-state index in [2.05, 4.69) is 64.9 Å². The lowest BCUT2D eigenvalue weighted by Gasteiger charge is -2.10. The number of halogens is 2. The summed E-state index contributed by atoms with van der Waals surface area (Å²) in [5.41, 5.74) is 11.0. The molecule has 0 amide bonds. The molecule has 334 valence electrons. The lowest BCUT2D eigenvalue weighted by Crippen LogP contribution is -2.07. The summed E-state index contributed by atoms with van der Waals surface area (Å²) in [7, 11) is 0. The van der Waals surface area contributed by atoms with E-state index in [9.17, 15) is 19.2 Å². The Labute approximate surface area is 415 Å². The number of esters is 2. The number of hydrogen-bond acceptors (Lipinski definition) is 10. The summed E-state index contributed by atoms with van der Waals surface area (Å²) in [6, 6.07) is 27.0. The molecule has 0 saturated carbocycles. The van der Waals surface area contributed by atoms with Crippen molar-refractivity contribution in [2.45, 2.75) is 61.5 Å². The number of aromatic nitrogens is 2. The first-order valence-corrected chi connectivity index (χ1v) is 26.4. The molecule has 3 aromatic carbocycles. The van der Waals surface area contributed by atoms with Crippen LogP contribution in [0, 0.1) is 27.7 Å². The number of nitrogens with zero attached hydrogens (tertiary/aromatic N) is 2. The number of thioether (sulfide) groups is 2.